The lowest BCUT2D eigenvalue weighted by Gasteiger charge is -2.35. The first-order chi connectivity index (χ1) is 18.2. The Morgan fingerprint density at radius 1 is 1.08 bits per heavy atom. The van der Waals surface area contributed by atoms with Gasteiger partial charge in [0, 0.05) is 37.7 Å². The van der Waals surface area contributed by atoms with Crippen LogP contribution in [0.2, 0.25) is 5.02 Å². The molecule has 1 atom stereocenters. The Bertz CT molecular complexity index is 1330. The van der Waals surface area contributed by atoms with Crippen LogP contribution in [0.25, 0.3) is 0 Å². The summed E-state index contributed by atoms with van der Waals surface area (Å²) in [5, 5.41) is 3.27. The van der Waals surface area contributed by atoms with E-state index in [0.717, 1.165) is 24.5 Å². The van der Waals surface area contributed by atoms with Gasteiger partial charge in [0.25, 0.3) is 0 Å². The van der Waals surface area contributed by atoms with E-state index in [1.807, 2.05) is 4.90 Å². The number of imidazole rings is 1. The second-order valence-electron chi connectivity index (χ2n) is 9.64. The standard InChI is InChI=1S/C27H27ClF3N5O2/c28-22-14-21(33-26(38)24-3-1-2-10-36(24)25(37)16-34-12-9-32-17-34)6-7-23(22)35-11-8-18-4-5-20(27(29,30)31)13-19(18)15-35/h4-7,9,12-14,17,24H,1-3,8,10-11,15-16H2,(H,33,38)/t24-/m1/s1. The average molecular weight is 546 g/mol. The third-order valence-corrected chi connectivity index (χ3v) is 7.41. The largest absolute Gasteiger partial charge is 0.416 e. The number of rotatable bonds is 5. The smallest absolute Gasteiger partial charge is 0.366 e. The predicted molar refractivity (Wildman–Crippen MR) is 138 cm³/mol. The van der Waals surface area contributed by atoms with Crippen molar-refractivity contribution in [3.63, 3.8) is 0 Å². The van der Waals surface area contributed by atoms with Crippen LogP contribution in [0.5, 0.6) is 0 Å². The molecule has 11 heteroatoms. The van der Waals surface area contributed by atoms with E-state index in [1.165, 1.54) is 6.07 Å². The van der Waals surface area contributed by atoms with E-state index in [2.05, 4.69) is 10.3 Å². The highest BCUT2D eigenvalue weighted by Crippen LogP contribution is 2.35. The summed E-state index contributed by atoms with van der Waals surface area (Å²) in [6.07, 6.45) is 3.33. The number of benzene rings is 2. The highest BCUT2D eigenvalue weighted by atomic mass is 35.5. The fourth-order valence-electron chi connectivity index (χ4n) is 5.14. The van der Waals surface area contributed by atoms with Gasteiger partial charge in [-0.1, -0.05) is 17.7 Å². The summed E-state index contributed by atoms with van der Waals surface area (Å²) in [5.41, 5.74) is 2.03. The first kappa shape index (κ1) is 26.1. The van der Waals surface area contributed by atoms with Crippen LogP contribution in [0.3, 0.4) is 0 Å². The van der Waals surface area contributed by atoms with Crippen LogP contribution in [-0.2, 0) is 35.3 Å². The summed E-state index contributed by atoms with van der Waals surface area (Å²) in [5.74, 6) is -0.422. The fraction of sp³-hybridized carbons (Fsp3) is 0.370. The van der Waals surface area contributed by atoms with Gasteiger partial charge in [0.05, 0.1) is 22.6 Å². The van der Waals surface area contributed by atoms with Gasteiger partial charge in [-0.25, -0.2) is 4.98 Å². The second kappa shape index (κ2) is 10.7. The molecule has 1 aromatic heterocycles. The van der Waals surface area contributed by atoms with E-state index >= 15 is 0 Å². The third kappa shape index (κ3) is 5.65. The lowest BCUT2D eigenvalue weighted by Crippen LogP contribution is -2.50. The van der Waals surface area contributed by atoms with Gasteiger partial charge < -0.3 is 19.7 Å². The van der Waals surface area contributed by atoms with Crippen LogP contribution >= 0.6 is 11.6 Å². The molecule has 5 rings (SSSR count). The number of carbonyl (C=O) groups excluding carboxylic acids is 2. The first-order valence-corrected chi connectivity index (χ1v) is 12.9. The molecule has 200 valence electrons. The molecule has 2 aliphatic rings. The molecule has 38 heavy (non-hydrogen) atoms. The molecule has 2 aromatic carbocycles. The molecule has 7 nitrogen and oxygen atoms in total. The molecule has 0 bridgehead atoms. The van der Waals surface area contributed by atoms with Crippen LogP contribution in [-0.4, -0.2) is 45.4 Å². The van der Waals surface area contributed by atoms with Crippen molar-refractivity contribution in [1.82, 2.24) is 14.5 Å². The maximum absolute atomic E-state index is 13.2. The Kier molecular flexibility index (Phi) is 7.34. The van der Waals surface area contributed by atoms with Crippen molar-refractivity contribution in [1.29, 1.82) is 0 Å². The van der Waals surface area contributed by atoms with Crippen LogP contribution < -0.4 is 10.2 Å². The van der Waals surface area contributed by atoms with Gasteiger partial charge in [-0.3, -0.25) is 9.59 Å². The molecule has 1 fully saturated rings. The number of fused-ring (bicyclic) bond motifs is 1. The Hall–Kier alpha value is -3.53. The molecule has 3 heterocycles. The number of piperidine rings is 1. The minimum absolute atomic E-state index is 0.119. The number of nitrogens with one attached hydrogen (secondary N) is 1. The molecule has 0 spiro atoms. The molecular weight excluding hydrogens is 519 g/mol. The minimum atomic E-state index is -4.40. The molecule has 0 radical (unpaired) electrons. The molecule has 0 aliphatic carbocycles. The maximum Gasteiger partial charge on any atom is 0.416 e. The van der Waals surface area contributed by atoms with E-state index in [-0.39, 0.29) is 18.4 Å². The molecule has 2 aliphatic heterocycles. The van der Waals surface area contributed by atoms with Crippen LogP contribution in [0.4, 0.5) is 24.5 Å². The zero-order valence-electron chi connectivity index (χ0n) is 20.5. The van der Waals surface area contributed by atoms with Crippen molar-refractivity contribution in [3.8, 4) is 0 Å². The average Bonchev–Trinajstić information content (AvgIpc) is 3.40. The molecular formula is C27H27ClF3N5O2. The van der Waals surface area contributed by atoms with Gasteiger partial charge in [0.15, 0.2) is 0 Å². The molecule has 1 saturated heterocycles. The Labute approximate surface area is 223 Å². The van der Waals surface area contributed by atoms with Gasteiger partial charge in [-0.15, -0.1) is 0 Å². The fourth-order valence-corrected chi connectivity index (χ4v) is 5.44. The molecule has 2 amide bonds. The topological polar surface area (TPSA) is 70.5 Å². The highest BCUT2D eigenvalue weighted by Gasteiger charge is 2.33. The number of likely N-dealkylation sites (tertiary alicyclic amines) is 1. The number of alkyl halides is 3. The quantitative estimate of drug-likeness (QED) is 0.482. The number of amides is 2. The number of aromatic nitrogens is 2. The van der Waals surface area contributed by atoms with Crippen molar-refractivity contribution in [2.45, 2.75) is 51.0 Å². The highest BCUT2D eigenvalue weighted by molar-refractivity contribution is 6.33. The number of hydrogen-bond donors (Lipinski definition) is 1. The molecule has 0 unspecified atom stereocenters. The normalized spacial score (nSPS) is 17.7. The summed E-state index contributed by atoms with van der Waals surface area (Å²) < 4.78 is 41.2. The zero-order valence-corrected chi connectivity index (χ0v) is 21.3. The van der Waals surface area contributed by atoms with Gasteiger partial charge in [-0.2, -0.15) is 13.2 Å². The van der Waals surface area contributed by atoms with Crippen molar-refractivity contribution in [2.75, 3.05) is 23.3 Å². The number of nitrogens with zero attached hydrogens (tertiary/aromatic N) is 4. The lowest BCUT2D eigenvalue weighted by molar-refractivity contribution is -0.140. The predicted octanol–water partition coefficient (Wildman–Crippen LogP) is 5.14. The second-order valence-corrected chi connectivity index (χ2v) is 10.0. The molecule has 0 saturated carbocycles. The molecule has 1 N–H and O–H groups in total. The van der Waals surface area contributed by atoms with Crippen molar-refractivity contribution >= 4 is 34.8 Å². The lowest BCUT2D eigenvalue weighted by atomic mass is 9.96. The van der Waals surface area contributed by atoms with E-state index in [4.69, 9.17) is 11.6 Å². The van der Waals surface area contributed by atoms with Gasteiger partial charge in [-0.05, 0) is 67.1 Å². The Balaban J connectivity index is 1.27. The number of hydrogen-bond acceptors (Lipinski definition) is 4. The van der Waals surface area contributed by atoms with E-state index in [1.54, 1.807) is 52.5 Å². The number of carbonyl (C=O) groups is 2. The first-order valence-electron chi connectivity index (χ1n) is 12.5. The monoisotopic (exact) mass is 545 g/mol. The zero-order chi connectivity index (χ0) is 26.9. The summed E-state index contributed by atoms with van der Waals surface area (Å²) in [7, 11) is 0. The number of halogens is 4. The van der Waals surface area contributed by atoms with Crippen LogP contribution in [0.1, 0.15) is 36.0 Å². The van der Waals surface area contributed by atoms with E-state index in [9.17, 15) is 22.8 Å². The Morgan fingerprint density at radius 2 is 1.92 bits per heavy atom. The van der Waals surface area contributed by atoms with Crippen LogP contribution in [0, 0.1) is 0 Å². The minimum Gasteiger partial charge on any atom is -0.366 e. The summed E-state index contributed by atoms with van der Waals surface area (Å²) in [6, 6.07) is 8.41. The van der Waals surface area contributed by atoms with Gasteiger partial charge in [0.2, 0.25) is 11.8 Å². The van der Waals surface area contributed by atoms with Crippen molar-refractivity contribution in [3.05, 3.63) is 76.8 Å². The molecule has 3 aromatic rings. The van der Waals surface area contributed by atoms with E-state index < -0.39 is 17.8 Å². The summed E-state index contributed by atoms with van der Waals surface area (Å²) in [4.78, 5) is 33.6. The van der Waals surface area contributed by atoms with Crippen LogP contribution in [0.15, 0.2) is 55.1 Å². The van der Waals surface area contributed by atoms with Gasteiger partial charge >= 0.3 is 6.18 Å². The SMILES string of the molecule is O=C(Nc1ccc(N2CCc3ccc(C(F)(F)F)cc3C2)c(Cl)c1)[C@H]1CCCCN1C(=O)Cn1ccnc1. The Morgan fingerprint density at radius 3 is 2.66 bits per heavy atom. The maximum atomic E-state index is 13.2. The summed E-state index contributed by atoms with van der Waals surface area (Å²) >= 11 is 6.58. The summed E-state index contributed by atoms with van der Waals surface area (Å²) in [6.45, 7) is 1.55. The van der Waals surface area contributed by atoms with Crippen molar-refractivity contribution in [2.24, 2.45) is 0 Å². The van der Waals surface area contributed by atoms with E-state index in [0.29, 0.717) is 54.4 Å². The van der Waals surface area contributed by atoms with Crippen molar-refractivity contribution < 1.29 is 22.8 Å². The van der Waals surface area contributed by atoms with Gasteiger partial charge in [0.1, 0.15) is 12.6 Å². The third-order valence-electron chi connectivity index (χ3n) is 7.10. The number of anilines is 2.